The standard InChI is InChI=1S/C17H34N2O/c1-2-3-4-5-6-7-8-9-10-11-14-19-15-16(18)12-13-17(19)20/h16H,2-15,18H2,1H3. The van der Waals surface area contributed by atoms with Crippen LogP contribution in [-0.2, 0) is 4.79 Å². The van der Waals surface area contributed by atoms with E-state index in [9.17, 15) is 4.79 Å². The van der Waals surface area contributed by atoms with Gasteiger partial charge in [-0.25, -0.2) is 0 Å². The zero-order chi connectivity index (χ0) is 14.6. The number of unbranched alkanes of at least 4 members (excludes halogenated alkanes) is 9. The Bertz CT molecular complexity index is 255. The Kier molecular flexibility index (Phi) is 9.73. The Balaban J connectivity index is 1.88. The number of likely N-dealkylation sites (tertiary alicyclic amines) is 1. The summed E-state index contributed by atoms with van der Waals surface area (Å²) in [7, 11) is 0. The summed E-state index contributed by atoms with van der Waals surface area (Å²) in [6.45, 7) is 3.96. The maximum Gasteiger partial charge on any atom is 0.222 e. The number of amides is 1. The molecule has 20 heavy (non-hydrogen) atoms. The Morgan fingerprint density at radius 1 is 1.00 bits per heavy atom. The van der Waals surface area contributed by atoms with E-state index in [4.69, 9.17) is 5.73 Å². The van der Waals surface area contributed by atoms with Crippen LogP contribution in [0.5, 0.6) is 0 Å². The van der Waals surface area contributed by atoms with E-state index >= 15 is 0 Å². The molecule has 0 bridgehead atoms. The molecule has 1 atom stereocenters. The quantitative estimate of drug-likeness (QED) is 0.585. The van der Waals surface area contributed by atoms with E-state index in [0.717, 1.165) is 25.9 Å². The molecule has 2 N–H and O–H groups in total. The van der Waals surface area contributed by atoms with E-state index in [1.807, 2.05) is 4.90 Å². The van der Waals surface area contributed by atoms with E-state index < -0.39 is 0 Å². The van der Waals surface area contributed by atoms with E-state index in [1.165, 1.54) is 57.8 Å². The monoisotopic (exact) mass is 282 g/mol. The second kappa shape index (κ2) is 11.1. The van der Waals surface area contributed by atoms with Crippen LogP contribution in [0.3, 0.4) is 0 Å². The van der Waals surface area contributed by atoms with Crippen molar-refractivity contribution in [1.29, 1.82) is 0 Å². The predicted octanol–water partition coefficient (Wildman–Crippen LogP) is 3.86. The third kappa shape index (κ3) is 7.88. The molecule has 0 aromatic heterocycles. The molecule has 0 aromatic carbocycles. The van der Waals surface area contributed by atoms with Crippen LogP contribution in [0.25, 0.3) is 0 Å². The highest BCUT2D eigenvalue weighted by molar-refractivity contribution is 5.77. The molecule has 0 radical (unpaired) electrons. The van der Waals surface area contributed by atoms with Crippen LogP contribution < -0.4 is 5.73 Å². The highest BCUT2D eigenvalue weighted by Gasteiger charge is 2.22. The van der Waals surface area contributed by atoms with Crippen molar-refractivity contribution in [1.82, 2.24) is 4.90 Å². The van der Waals surface area contributed by atoms with Crippen molar-refractivity contribution < 1.29 is 4.79 Å². The van der Waals surface area contributed by atoms with Gasteiger partial charge in [-0.05, 0) is 12.8 Å². The second-order valence-corrected chi connectivity index (χ2v) is 6.32. The lowest BCUT2D eigenvalue weighted by Crippen LogP contribution is -2.46. The minimum Gasteiger partial charge on any atom is -0.341 e. The molecule has 0 aliphatic carbocycles. The fourth-order valence-electron chi connectivity index (χ4n) is 2.95. The van der Waals surface area contributed by atoms with Crippen molar-refractivity contribution >= 4 is 5.91 Å². The third-order valence-electron chi connectivity index (χ3n) is 4.32. The maximum absolute atomic E-state index is 11.7. The van der Waals surface area contributed by atoms with Gasteiger partial charge in [0.1, 0.15) is 0 Å². The van der Waals surface area contributed by atoms with Gasteiger partial charge in [0.15, 0.2) is 0 Å². The minimum absolute atomic E-state index is 0.204. The lowest BCUT2D eigenvalue weighted by atomic mass is 10.0. The van der Waals surface area contributed by atoms with Gasteiger partial charge in [0, 0.05) is 25.6 Å². The van der Waals surface area contributed by atoms with E-state index in [1.54, 1.807) is 0 Å². The number of carbonyl (C=O) groups excluding carboxylic acids is 1. The molecule has 118 valence electrons. The number of hydrogen-bond acceptors (Lipinski definition) is 2. The second-order valence-electron chi connectivity index (χ2n) is 6.32. The summed E-state index contributed by atoms with van der Waals surface area (Å²) >= 11 is 0. The van der Waals surface area contributed by atoms with Crippen LogP contribution in [0.1, 0.15) is 84.0 Å². The first-order valence-electron chi connectivity index (χ1n) is 8.77. The zero-order valence-electron chi connectivity index (χ0n) is 13.4. The SMILES string of the molecule is CCCCCCCCCCCCN1CC(N)CCC1=O. The molecule has 0 spiro atoms. The van der Waals surface area contributed by atoms with Crippen LogP contribution >= 0.6 is 0 Å². The average Bonchev–Trinajstić information content (AvgIpc) is 2.44. The Hall–Kier alpha value is -0.570. The summed E-state index contributed by atoms with van der Waals surface area (Å²) in [6.07, 6.45) is 14.9. The van der Waals surface area contributed by atoms with Crippen molar-refractivity contribution in [2.45, 2.75) is 90.0 Å². The van der Waals surface area contributed by atoms with E-state index in [0.29, 0.717) is 12.3 Å². The van der Waals surface area contributed by atoms with Gasteiger partial charge in [0.2, 0.25) is 5.91 Å². The predicted molar refractivity (Wildman–Crippen MR) is 85.6 cm³/mol. The summed E-state index contributed by atoms with van der Waals surface area (Å²) in [5.74, 6) is 0.308. The van der Waals surface area contributed by atoms with Gasteiger partial charge in [0.05, 0.1) is 0 Å². The van der Waals surface area contributed by atoms with Crippen molar-refractivity contribution in [2.75, 3.05) is 13.1 Å². The lowest BCUT2D eigenvalue weighted by molar-refractivity contribution is -0.133. The van der Waals surface area contributed by atoms with Gasteiger partial charge in [-0.2, -0.15) is 0 Å². The van der Waals surface area contributed by atoms with Crippen molar-refractivity contribution in [3.05, 3.63) is 0 Å². The highest BCUT2D eigenvalue weighted by atomic mass is 16.2. The molecule has 1 amide bonds. The van der Waals surface area contributed by atoms with Crippen LogP contribution in [0.4, 0.5) is 0 Å². The fraction of sp³-hybridized carbons (Fsp3) is 0.941. The molecular formula is C17H34N2O. The van der Waals surface area contributed by atoms with Gasteiger partial charge in [0.25, 0.3) is 0 Å². The van der Waals surface area contributed by atoms with Gasteiger partial charge in [-0.3, -0.25) is 4.79 Å². The van der Waals surface area contributed by atoms with Crippen molar-refractivity contribution in [3.8, 4) is 0 Å². The molecule has 0 aromatic rings. The minimum atomic E-state index is 0.204. The van der Waals surface area contributed by atoms with Crippen LogP contribution in [-0.4, -0.2) is 29.9 Å². The molecule has 1 aliphatic rings. The lowest BCUT2D eigenvalue weighted by Gasteiger charge is -2.30. The van der Waals surface area contributed by atoms with Gasteiger partial charge in [-0.15, -0.1) is 0 Å². The largest absolute Gasteiger partial charge is 0.341 e. The molecule has 3 nitrogen and oxygen atoms in total. The normalized spacial score (nSPS) is 19.6. The molecule has 1 heterocycles. The summed E-state index contributed by atoms with van der Waals surface area (Å²) in [4.78, 5) is 13.7. The maximum atomic E-state index is 11.7. The molecule has 1 unspecified atom stereocenters. The zero-order valence-corrected chi connectivity index (χ0v) is 13.4. The smallest absolute Gasteiger partial charge is 0.222 e. The summed E-state index contributed by atoms with van der Waals surface area (Å²) in [5, 5.41) is 0. The summed E-state index contributed by atoms with van der Waals surface area (Å²) in [6, 6.07) is 0.204. The Morgan fingerprint density at radius 2 is 1.55 bits per heavy atom. The number of hydrogen-bond donors (Lipinski definition) is 1. The average molecular weight is 282 g/mol. The first-order chi connectivity index (χ1) is 9.74. The topological polar surface area (TPSA) is 46.3 Å². The molecule has 1 saturated heterocycles. The molecule has 1 aliphatic heterocycles. The fourth-order valence-corrected chi connectivity index (χ4v) is 2.95. The van der Waals surface area contributed by atoms with Gasteiger partial charge in [-0.1, -0.05) is 64.7 Å². The van der Waals surface area contributed by atoms with Crippen molar-refractivity contribution in [3.63, 3.8) is 0 Å². The van der Waals surface area contributed by atoms with Crippen LogP contribution in [0.15, 0.2) is 0 Å². The number of nitrogens with zero attached hydrogens (tertiary/aromatic N) is 1. The van der Waals surface area contributed by atoms with E-state index in [2.05, 4.69) is 6.92 Å². The summed E-state index contributed by atoms with van der Waals surface area (Å²) in [5.41, 5.74) is 5.91. The third-order valence-corrected chi connectivity index (χ3v) is 4.32. The van der Waals surface area contributed by atoms with Crippen molar-refractivity contribution in [2.24, 2.45) is 5.73 Å². The number of nitrogens with two attached hydrogens (primary N) is 1. The van der Waals surface area contributed by atoms with Gasteiger partial charge < -0.3 is 10.6 Å². The van der Waals surface area contributed by atoms with E-state index in [-0.39, 0.29) is 6.04 Å². The number of carbonyl (C=O) groups is 1. The van der Waals surface area contributed by atoms with Gasteiger partial charge >= 0.3 is 0 Å². The van der Waals surface area contributed by atoms with Crippen LogP contribution in [0.2, 0.25) is 0 Å². The summed E-state index contributed by atoms with van der Waals surface area (Å²) < 4.78 is 0. The Morgan fingerprint density at radius 3 is 2.15 bits per heavy atom. The highest BCUT2D eigenvalue weighted by Crippen LogP contribution is 2.13. The molecule has 3 heteroatoms. The first kappa shape index (κ1) is 17.5. The van der Waals surface area contributed by atoms with Crippen LogP contribution in [0, 0.1) is 0 Å². The molecule has 1 fully saturated rings. The Labute approximate surface area is 125 Å². The molecular weight excluding hydrogens is 248 g/mol. The number of rotatable bonds is 11. The molecule has 0 saturated carbocycles. The number of piperidine rings is 1. The molecule has 1 rings (SSSR count). The first-order valence-corrected chi connectivity index (χ1v) is 8.77.